The maximum atomic E-state index is 11.9. The summed E-state index contributed by atoms with van der Waals surface area (Å²) < 4.78 is 19.6. The standard InChI is InChI=1S/C13H17N3O4S/c1-2-21(19)14-5-6-15-11(8-14)9-20-13-7-10(16(17)18)3-4-12(13)15/h3-4,7,11H,2,5-6,8-9H2,1H3/t11-,21?/m1/s1. The number of piperazine rings is 1. The van der Waals surface area contributed by atoms with Crippen molar-refractivity contribution in [1.29, 1.82) is 0 Å². The Hall–Kier alpha value is -1.67. The first-order valence-electron chi connectivity index (χ1n) is 6.91. The molecule has 1 saturated heterocycles. The lowest BCUT2D eigenvalue weighted by Crippen LogP contribution is -2.57. The zero-order chi connectivity index (χ0) is 15.0. The number of nitro benzene ring substituents is 1. The van der Waals surface area contributed by atoms with E-state index < -0.39 is 15.9 Å². The van der Waals surface area contributed by atoms with Crippen LogP contribution >= 0.6 is 0 Å². The van der Waals surface area contributed by atoms with E-state index in [4.69, 9.17) is 4.74 Å². The number of fused-ring (bicyclic) bond motifs is 3. The zero-order valence-corrected chi connectivity index (χ0v) is 12.5. The van der Waals surface area contributed by atoms with Crippen LogP contribution in [0.25, 0.3) is 0 Å². The fraction of sp³-hybridized carbons (Fsp3) is 0.538. The molecule has 1 aromatic rings. The third-order valence-corrected chi connectivity index (χ3v) is 5.28. The van der Waals surface area contributed by atoms with Crippen molar-refractivity contribution >= 4 is 22.4 Å². The highest BCUT2D eigenvalue weighted by Gasteiger charge is 2.34. The van der Waals surface area contributed by atoms with Gasteiger partial charge < -0.3 is 9.64 Å². The van der Waals surface area contributed by atoms with Gasteiger partial charge in [0.1, 0.15) is 12.4 Å². The molecule has 2 atom stereocenters. The van der Waals surface area contributed by atoms with Crippen LogP contribution in [0.2, 0.25) is 0 Å². The van der Waals surface area contributed by atoms with Crippen LogP contribution in [-0.2, 0) is 11.0 Å². The first kappa shape index (κ1) is 14.3. The van der Waals surface area contributed by atoms with Gasteiger partial charge in [-0.25, -0.2) is 8.51 Å². The first-order chi connectivity index (χ1) is 10.1. The number of benzene rings is 1. The van der Waals surface area contributed by atoms with Gasteiger partial charge in [0, 0.05) is 31.5 Å². The second-order valence-corrected chi connectivity index (χ2v) is 6.80. The first-order valence-corrected chi connectivity index (χ1v) is 8.19. The predicted molar refractivity (Wildman–Crippen MR) is 80.0 cm³/mol. The Balaban J connectivity index is 1.82. The highest BCUT2D eigenvalue weighted by molar-refractivity contribution is 7.82. The molecule has 0 aliphatic carbocycles. The Kier molecular flexibility index (Phi) is 3.81. The van der Waals surface area contributed by atoms with Crippen molar-refractivity contribution in [2.24, 2.45) is 0 Å². The average molecular weight is 311 g/mol. The monoisotopic (exact) mass is 311 g/mol. The predicted octanol–water partition coefficient (Wildman–Crippen LogP) is 1.16. The number of nitro groups is 1. The molecule has 21 heavy (non-hydrogen) atoms. The molecule has 1 unspecified atom stereocenters. The van der Waals surface area contributed by atoms with Crippen molar-refractivity contribution in [2.75, 3.05) is 36.9 Å². The van der Waals surface area contributed by atoms with Crippen molar-refractivity contribution < 1.29 is 13.9 Å². The third-order valence-electron chi connectivity index (χ3n) is 3.88. The van der Waals surface area contributed by atoms with Crippen LogP contribution in [0.15, 0.2) is 18.2 Å². The van der Waals surface area contributed by atoms with Gasteiger partial charge in [0.25, 0.3) is 5.69 Å². The molecule has 2 heterocycles. The number of hydrogen-bond acceptors (Lipinski definition) is 5. The summed E-state index contributed by atoms with van der Waals surface area (Å²) in [5, 5.41) is 10.8. The third kappa shape index (κ3) is 2.60. The molecule has 1 fully saturated rings. The summed E-state index contributed by atoms with van der Waals surface area (Å²) >= 11 is 0. The SMILES string of the molecule is CCS(=O)N1CCN2c3ccc([N+](=O)[O-])cc3OC[C@H]2C1. The van der Waals surface area contributed by atoms with Crippen molar-refractivity contribution in [3.8, 4) is 5.75 Å². The number of rotatable bonds is 3. The van der Waals surface area contributed by atoms with Crippen LogP contribution in [0, 0.1) is 10.1 Å². The van der Waals surface area contributed by atoms with Crippen LogP contribution in [0.3, 0.4) is 0 Å². The van der Waals surface area contributed by atoms with Gasteiger partial charge in [-0.05, 0) is 6.07 Å². The average Bonchev–Trinajstić information content (AvgIpc) is 2.52. The summed E-state index contributed by atoms with van der Waals surface area (Å²) in [6, 6.07) is 4.86. The lowest BCUT2D eigenvalue weighted by Gasteiger charge is -2.44. The van der Waals surface area contributed by atoms with Gasteiger partial charge in [-0.1, -0.05) is 6.92 Å². The Morgan fingerprint density at radius 3 is 3.00 bits per heavy atom. The van der Waals surface area contributed by atoms with Gasteiger partial charge in [-0.3, -0.25) is 10.1 Å². The lowest BCUT2D eigenvalue weighted by atomic mass is 10.1. The maximum Gasteiger partial charge on any atom is 0.273 e. The molecule has 0 N–H and O–H groups in total. The quantitative estimate of drug-likeness (QED) is 0.618. The Labute approximate surface area is 125 Å². The van der Waals surface area contributed by atoms with E-state index in [2.05, 4.69) is 4.90 Å². The molecule has 2 aliphatic rings. The van der Waals surface area contributed by atoms with Crippen molar-refractivity contribution in [3.63, 3.8) is 0 Å². The van der Waals surface area contributed by atoms with E-state index in [0.29, 0.717) is 24.7 Å². The van der Waals surface area contributed by atoms with E-state index in [1.807, 2.05) is 11.2 Å². The highest BCUT2D eigenvalue weighted by Crippen LogP contribution is 2.37. The largest absolute Gasteiger partial charge is 0.489 e. The molecule has 0 saturated carbocycles. The van der Waals surface area contributed by atoms with Gasteiger partial charge in [0.15, 0.2) is 0 Å². The number of anilines is 1. The van der Waals surface area contributed by atoms with E-state index in [0.717, 1.165) is 18.8 Å². The molecule has 0 bridgehead atoms. The van der Waals surface area contributed by atoms with E-state index in [9.17, 15) is 14.3 Å². The number of non-ortho nitro benzene ring substituents is 1. The molecule has 8 heteroatoms. The van der Waals surface area contributed by atoms with Gasteiger partial charge in [0.05, 0.1) is 33.7 Å². The summed E-state index contributed by atoms with van der Waals surface area (Å²) in [6.07, 6.45) is 0. The van der Waals surface area contributed by atoms with Gasteiger partial charge in [0.2, 0.25) is 0 Å². The minimum atomic E-state index is -0.934. The van der Waals surface area contributed by atoms with Crippen LogP contribution < -0.4 is 9.64 Å². The Bertz CT molecular complexity index is 595. The molecular weight excluding hydrogens is 294 g/mol. The second kappa shape index (κ2) is 5.61. The summed E-state index contributed by atoms with van der Waals surface area (Å²) in [5.41, 5.74) is 0.928. The fourth-order valence-electron chi connectivity index (χ4n) is 2.81. The zero-order valence-electron chi connectivity index (χ0n) is 11.7. The summed E-state index contributed by atoms with van der Waals surface area (Å²) in [6.45, 7) is 4.55. The summed E-state index contributed by atoms with van der Waals surface area (Å²) in [4.78, 5) is 12.6. The van der Waals surface area contributed by atoms with Gasteiger partial charge in [-0.15, -0.1) is 0 Å². The molecule has 0 amide bonds. The molecule has 114 valence electrons. The van der Waals surface area contributed by atoms with E-state index in [1.165, 1.54) is 12.1 Å². The van der Waals surface area contributed by atoms with Gasteiger partial charge in [-0.2, -0.15) is 0 Å². The van der Waals surface area contributed by atoms with Crippen LogP contribution in [0.5, 0.6) is 5.75 Å². The molecule has 3 rings (SSSR count). The molecule has 0 aromatic heterocycles. The Morgan fingerprint density at radius 2 is 2.29 bits per heavy atom. The fourth-order valence-corrected chi connectivity index (χ4v) is 3.80. The van der Waals surface area contributed by atoms with Crippen LogP contribution in [-0.4, -0.2) is 51.5 Å². The molecule has 0 spiro atoms. The lowest BCUT2D eigenvalue weighted by molar-refractivity contribution is -0.384. The topological polar surface area (TPSA) is 75.9 Å². The number of hydrogen-bond donors (Lipinski definition) is 0. The smallest absolute Gasteiger partial charge is 0.273 e. The van der Waals surface area contributed by atoms with E-state index in [1.54, 1.807) is 6.07 Å². The van der Waals surface area contributed by atoms with Crippen LogP contribution in [0.1, 0.15) is 6.92 Å². The number of ether oxygens (including phenoxy) is 1. The summed E-state index contributed by atoms with van der Waals surface area (Å²) in [5.74, 6) is 1.18. The summed E-state index contributed by atoms with van der Waals surface area (Å²) in [7, 11) is -0.934. The molecule has 7 nitrogen and oxygen atoms in total. The molecule has 1 aromatic carbocycles. The van der Waals surface area contributed by atoms with Crippen molar-refractivity contribution in [3.05, 3.63) is 28.3 Å². The molecule has 2 aliphatic heterocycles. The minimum absolute atomic E-state index is 0.0397. The van der Waals surface area contributed by atoms with Gasteiger partial charge >= 0.3 is 0 Å². The van der Waals surface area contributed by atoms with E-state index in [-0.39, 0.29) is 11.7 Å². The number of nitrogens with zero attached hydrogens (tertiary/aromatic N) is 3. The van der Waals surface area contributed by atoms with Crippen molar-refractivity contribution in [1.82, 2.24) is 4.31 Å². The molecular formula is C13H17N3O4S. The minimum Gasteiger partial charge on any atom is -0.489 e. The molecule has 0 radical (unpaired) electrons. The van der Waals surface area contributed by atoms with E-state index >= 15 is 0 Å². The van der Waals surface area contributed by atoms with Crippen LogP contribution in [0.4, 0.5) is 11.4 Å². The normalized spacial score (nSPS) is 22.9. The highest BCUT2D eigenvalue weighted by atomic mass is 32.2. The second-order valence-electron chi connectivity index (χ2n) is 5.07. The van der Waals surface area contributed by atoms with Crippen molar-refractivity contribution in [2.45, 2.75) is 13.0 Å². The maximum absolute atomic E-state index is 11.9. The Morgan fingerprint density at radius 1 is 1.48 bits per heavy atom.